The molecular formula is C20H21NO5. The second kappa shape index (κ2) is 7.47. The highest BCUT2D eigenvalue weighted by Gasteiger charge is 2.34. The molecule has 2 amide bonds. The largest absolute Gasteiger partial charge is 0.497 e. The van der Waals surface area contributed by atoms with E-state index < -0.39 is 0 Å². The lowest BCUT2D eigenvalue weighted by atomic mass is 9.88. The van der Waals surface area contributed by atoms with Gasteiger partial charge in [0.25, 0.3) is 0 Å². The van der Waals surface area contributed by atoms with Gasteiger partial charge < -0.3 is 14.2 Å². The van der Waals surface area contributed by atoms with E-state index in [1.165, 1.54) is 19.1 Å². The quantitative estimate of drug-likeness (QED) is 0.771. The number of imide groups is 1. The third kappa shape index (κ3) is 3.49. The number of piperidine rings is 1. The molecule has 1 heterocycles. The van der Waals surface area contributed by atoms with Gasteiger partial charge in [-0.3, -0.25) is 14.5 Å². The maximum atomic E-state index is 12.7. The number of carbonyl (C=O) groups is 2. The van der Waals surface area contributed by atoms with Gasteiger partial charge in [-0.25, -0.2) is 0 Å². The van der Waals surface area contributed by atoms with Gasteiger partial charge in [0.1, 0.15) is 17.2 Å². The summed E-state index contributed by atoms with van der Waals surface area (Å²) in [6.07, 6.45) is 0.523. The molecule has 0 aliphatic carbocycles. The summed E-state index contributed by atoms with van der Waals surface area (Å²) in [6.45, 7) is 0. The molecule has 0 unspecified atom stereocenters. The molecule has 0 N–H and O–H groups in total. The second-order valence-corrected chi connectivity index (χ2v) is 6.07. The highest BCUT2D eigenvalue weighted by Crippen LogP contribution is 2.35. The van der Waals surface area contributed by atoms with Gasteiger partial charge >= 0.3 is 0 Å². The van der Waals surface area contributed by atoms with Gasteiger partial charge in [-0.15, -0.1) is 0 Å². The van der Waals surface area contributed by atoms with Gasteiger partial charge in [0.2, 0.25) is 11.8 Å². The first-order valence-corrected chi connectivity index (χ1v) is 8.28. The number of nitrogens with zero attached hydrogens (tertiary/aromatic N) is 1. The van der Waals surface area contributed by atoms with E-state index >= 15 is 0 Å². The predicted molar refractivity (Wildman–Crippen MR) is 97.0 cm³/mol. The zero-order chi connectivity index (χ0) is 18.7. The van der Waals surface area contributed by atoms with Crippen LogP contribution in [0.25, 0.3) is 0 Å². The third-order valence-electron chi connectivity index (χ3n) is 4.52. The molecule has 1 aliphatic rings. The Morgan fingerprint density at radius 3 is 1.73 bits per heavy atom. The van der Waals surface area contributed by atoms with E-state index in [0.717, 1.165) is 11.3 Å². The highest BCUT2D eigenvalue weighted by molar-refractivity contribution is 6.17. The first kappa shape index (κ1) is 17.8. The van der Waals surface area contributed by atoms with Crippen molar-refractivity contribution in [3.63, 3.8) is 0 Å². The van der Waals surface area contributed by atoms with E-state index in [1.54, 1.807) is 25.3 Å². The molecule has 26 heavy (non-hydrogen) atoms. The van der Waals surface area contributed by atoms with Gasteiger partial charge in [-0.2, -0.15) is 0 Å². The fourth-order valence-electron chi connectivity index (χ4n) is 3.14. The van der Waals surface area contributed by atoms with Crippen LogP contribution in [0.2, 0.25) is 0 Å². The van der Waals surface area contributed by atoms with Crippen LogP contribution in [0.1, 0.15) is 24.3 Å². The number of hydrogen-bond donors (Lipinski definition) is 0. The van der Waals surface area contributed by atoms with Crippen molar-refractivity contribution in [3.05, 3.63) is 48.0 Å². The van der Waals surface area contributed by atoms with Crippen LogP contribution in [0.5, 0.6) is 17.2 Å². The Kier molecular flexibility index (Phi) is 5.11. The first-order valence-electron chi connectivity index (χ1n) is 8.28. The van der Waals surface area contributed by atoms with E-state index in [9.17, 15) is 9.59 Å². The molecule has 1 fully saturated rings. The number of benzene rings is 2. The van der Waals surface area contributed by atoms with Crippen molar-refractivity contribution < 1.29 is 23.8 Å². The predicted octanol–water partition coefficient (Wildman–Crippen LogP) is 3.15. The molecule has 0 radical (unpaired) electrons. The minimum atomic E-state index is -0.239. The summed E-state index contributed by atoms with van der Waals surface area (Å²) < 4.78 is 15.6. The summed E-state index contributed by atoms with van der Waals surface area (Å²) in [4.78, 5) is 26.6. The molecule has 3 rings (SSSR count). The minimum absolute atomic E-state index is 0.135. The number of carbonyl (C=O) groups excluding carboxylic acids is 2. The van der Waals surface area contributed by atoms with E-state index in [4.69, 9.17) is 14.2 Å². The van der Waals surface area contributed by atoms with Crippen molar-refractivity contribution in [2.75, 3.05) is 26.2 Å². The van der Waals surface area contributed by atoms with Crippen molar-refractivity contribution in [1.82, 2.24) is 0 Å². The van der Waals surface area contributed by atoms with Crippen LogP contribution in [0, 0.1) is 0 Å². The Morgan fingerprint density at radius 2 is 1.27 bits per heavy atom. The Bertz CT molecular complexity index is 775. The van der Waals surface area contributed by atoms with Crippen molar-refractivity contribution in [2.24, 2.45) is 0 Å². The zero-order valence-corrected chi connectivity index (χ0v) is 15.0. The van der Waals surface area contributed by atoms with Gasteiger partial charge in [0.15, 0.2) is 0 Å². The van der Waals surface area contributed by atoms with Crippen molar-refractivity contribution >= 4 is 17.5 Å². The lowest BCUT2D eigenvalue weighted by molar-refractivity contribution is -0.129. The number of rotatable bonds is 5. The van der Waals surface area contributed by atoms with E-state index in [1.807, 2.05) is 24.3 Å². The summed E-state index contributed by atoms with van der Waals surface area (Å²) in [5, 5.41) is 0. The molecule has 2 aromatic rings. The molecule has 6 nitrogen and oxygen atoms in total. The van der Waals surface area contributed by atoms with Crippen molar-refractivity contribution in [2.45, 2.75) is 18.8 Å². The van der Waals surface area contributed by atoms with Crippen LogP contribution >= 0.6 is 0 Å². The van der Waals surface area contributed by atoms with Gasteiger partial charge in [0, 0.05) is 37.0 Å². The average Bonchev–Trinajstić information content (AvgIpc) is 2.67. The highest BCUT2D eigenvalue weighted by atomic mass is 16.5. The fourth-order valence-corrected chi connectivity index (χ4v) is 3.14. The smallest absolute Gasteiger partial charge is 0.234 e. The first-order chi connectivity index (χ1) is 12.5. The molecule has 0 aromatic heterocycles. The Morgan fingerprint density at radius 1 is 0.769 bits per heavy atom. The summed E-state index contributed by atoms with van der Waals surface area (Å²) in [5.74, 6) is 1.18. The topological polar surface area (TPSA) is 65.1 Å². The average molecular weight is 355 g/mol. The molecule has 1 saturated heterocycles. The van der Waals surface area contributed by atoms with Gasteiger partial charge in [-0.05, 0) is 17.7 Å². The van der Waals surface area contributed by atoms with Crippen LogP contribution in [0.3, 0.4) is 0 Å². The molecule has 136 valence electrons. The number of hydrogen-bond acceptors (Lipinski definition) is 5. The third-order valence-corrected chi connectivity index (χ3v) is 4.52. The Balaban J connectivity index is 1.85. The van der Waals surface area contributed by atoms with Crippen molar-refractivity contribution in [1.29, 1.82) is 0 Å². The van der Waals surface area contributed by atoms with Crippen LogP contribution in [0.15, 0.2) is 42.5 Å². The maximum Gasteiger partial charge on any atom is 0.234 e. The Labute approximate surface area is 152 Å². The normalized spacial score (nSPS) is 15.1. The monoisotopic (exact) mass is 355 g/mol. The van der Waals surface area contributed by atoms with E-state index in [0.29, 0.717) is 17.2 Å². The van der Waals surface area contributed by atoms with Crippen LogP contribution < -0.4 is 19.1 Å². The standard InChI is InChI=1S/C20H21NO5/c1-24-16-6-4-13(5-7-16)14-8-19(22)21(20(23)9-14)15-10-17(25-2)12-18(11-15)26-3/h4-7,10-12,14H,8-9H2,1-3H3. The van der Waals surface area contributed by atoms with Crippen LogP contribution in [-0.2, 0) is 9.59 Å². The molecule has 0 spiro atoms. The number of anilines is 1. The Hall–Kier alpha value is -3.02. The van der Waals surface area contributed by atoms with Crippen LogP contribution in [-0.4, -0.2) is 33.1 Å². The number of methoxy groups -OCH3 is 3. The molecule has 0 saturated carbocycles. The van der Waals surface area contributed by atoms with Gasteiger partial charge in [-0.1, -0.05) is 12.1 Å². The van der Waals surface area contributed by atoms with Crippen molar-refractivity contribution in [3.8, 4) is 17.2 Å². The molecule has 1 aliphatic heterocycles. The second-order valence-electron chi connectivity index (χ2n) is 6.07. The summed E-state index contributed by atoms with van der Waals surface area (Å²) in [6, 6.07) is 12.5. The molecule has 6 heteroatoms. The van der Waals surface area contributed by atoms with Crippen LogP contribution in [0.4, 0.5) is 5.69 Å². The van der Waals surface area contributed by atoms with E-state index in [2.05, 4.69) is 0 Å². The fraction of sp³-hybridized carbons (Fsp3) is 0.300. The number of amides is 2. The molecular weight excluding hydrogens is 334 g/mol. The molecule has 0 atom stereocenters. The summed E-state index contributed by atoms with van der Waals surface area (Å²) >= 11 is 0. The molecule has 0 bridgehead atoms. The lowest BCUT2D eigenvalue weighted by Crippen LogP contribution is -2.42. The lowest BCUT2D eigenvalue weighted by Gasteiger charge is -2.30. The maximum absolute atomic E-state index is 12.7. The minimum Gasteiger partial charge on any atom is -0.497 e. The van der Waals surface area contributed by atoms with Gasteiger partial charge in [0.05, 0.1) is 27.0 Å². The zero-order valence-electron chi connectivity index (χ0n) is 15.0. The SMILES string of the molecule is COc1ccc(C2CC(=O)N(c3cc(OC)cc(OC)c3)C(=O)C2)cc1. The summed E-state index contributed by atoms with van der Waals surface area (Å²) in [5.41, 5.74) is 1.42. The summed E-state index contributed by atoms with van der Waals surface area (Å²) in [7, 11) is 4.65. The number of ether oxygens (including phenoxy) is 3. The van der Waals surface area contributed by atoms with E-state index in [-0.39, 0.29) is 30.6 Å². The molecule has 2 aromatic carbocycles.